The van der Waals surface area contributed by atoms with Gasteiger partial charge in [0.2, 0.25) is 6.29 Å². The predicted molar refractivity (Wildman–Crippen MR) is 73.8 cm³/mol. The van der Waals surface area contributed by atoms with Crippen molar-refractivity contribution in [2.75, 3.05) is 18.9 Å². The molecule has 0 atom stereocenters. The molecule has 0 saturated heterocycles. The van der Waals surface area contributed by atoms with Crippen molar-refractivity contribution in [1.29, 1.82) is 0 Å². The zero-order valence-corrected chi connectivity index (χ0v) is 12.1. The predicted octanol–water partition coefficient (Wildman–Crippen LogP) is 2.94. The van der Waals surface area contributed by atoms with Gasteiger partial charge in [-0.25, -0.2) is 17.9 Å². The third kappa shape index (κ3) is 3.07. The maximum Gasteiger partial charge on any atom is 0.203 e. The monoisotopic (exact) mass is 315 g/mol. The first-order valence-electron chi connectivity index (χ1n) is 6.71. The van der Waals surface area contributed by atoms with Gasteiger partial charge in [0.15, 0.2) is 11.6 Å². The lowest BCUT2D eigenvalue weighted by atomic mass is 10.2. The van der Waals surface area contributed by atoms with Gasteiger partial charge in [0.1, 0.15) is 17.2 Å². The molecule has 0 unspecified atom stereocenters. The zero-order valence-electron chi connectivity index (χ0n) is 12.1. The highest BCUT2D eigenvalue weighted by Gasteiger charge is 2.25. The minimum Gasteiger partial charge on any atom is -0.396 e. The van der Waals surface area contributed by atoms with Crippen molar-refractivity contribution in [2.45, 2.75) is 20.1 Å². The Labute approximate surface area is 125 Å². The number of nitrogen functional groups attached to an aromatic ring is 1. The largest absolute Gasteiger partial charge is 0.396 e. The number of hydrogen-bond acceptors (Lipinski definition) is 4. The van der Waals surface area contributed by atoms with Crippen molar-refractivity contribution in [3.8, 4) is 5.69 Å². The van der Waals surface area contributed by atoms with Crippen molar-refractivity contribution < 1.29 is 22.6 Å². The second-order valence-electron chi connectivity index (χ2n) is 4.36. The Bertz CT molecular complexity index is 632. The van der Waals surface area contributed by atoms with Gasteiger partial charge in [-0.1, -0.05) is 0 Å². The minimum absolute atomic E-state index is 0.146. The van der Waals surface area contributed by atoms with E-state index in [2.05, 4.69) is 5.10 Å². The molecule has 0 saturated carbocycles. The molecule has 2 rings (SSSR count). The second-order valence-corrected chi connectivity index (χ2v) is 4.36. The summed E-state index contributed by atoms with van der Waals surface area (Å²) in [6, 6.07) is 1.13. The highest BCUT2D eigenvalue weighted by molar-refractivity contribution is 5.47. The number of rotatable bonds is 6. The van der Waals surface area contributed by atoms with Gasteiger partial charge in [0, 0.05) is 25.3 Å². The number of aromatic nitrogens is 2. The molecule has 0 aliphatic heterocycles. The van der Waals surface area contributed by atoms with E-state index in [9.17, 15) is 13.2 Å². The molecule has 0 amide bonds. The second kappa shape index (κ2) is 6.80. The van der Waals surface area contributed by atoms with E-state index in [-0.39, 0.29) is 11.4 Å². The molecule has 1 aromatic carbocycles. The number of nitrogens with two attached hydrogens (primary N) is 1. The molecule has 8 heteroatoms. The summed E-state index contributed by atoms with van der Waals surface area (Å²) in [6.07, 6.45) is 0.282. The SMILES string of the molecule is CCOC(OCC)c1c(N)cnn1-c1c(F)cc(F)cc1F. The Morgan fingerprint density at radius 1 is 1.14 bits per heavy atom. The molecular weight excluding hydrogens is 299 g/mol. The molecular formula is C14H16F3N3O2. The first kappa shape index (κ1) is 16.3. The fourth-order valence-corrected chi connectivity index (χ4v) is 2.03. The lowest BCUT2D eigenvalue weighted by molar-refractivity contribution is -0.143. The van der Waals surface area contributed by atoms with Crippen molar-refractivity contribution in [2.24, 2.45) is 0 Å². The Balaban J connectivity index is 2.58. The van der Waals surface area contributed by atoms with Gasteiger partial charge in [-0.15, -0.1) is 0 Å². The zero-order chi connectivity index (χ0) is 16.3. The average Bonchev–Trinajstić information content (AvgIpc) is 2.79. The number of benzene rings is 1. The molecule has 0 aliphatic rings. The van der Waals surface area contributed by atoms with Gasteiger partial charge in [-0.05, 0) is 13.8 Å². The van der Waals surface area contributed by atoms with E-state index in [1.807, 2.05) is 0 Å². The van der Waals surface area contributed by atoms with Crippen LogP contribution in [0.25, 0.3) is 5.69 Å². The Kier molecular flexibility index (Phi) is 5.04. The van der Waals surface area contributed by atoms with Gasteiger partial charge in [0.25, 0.3) is 0 Å². The number of ether oxygens (including phenoxy) is 2. The number of hydrogen-bond donors (Lipinski definition) is 1. The van der Waals surface area contributed by atoms with E-state index in [1.54, 1.807) is 13.8 Å². The maximum atomic E-state index is 14.0. The third-order valence-corrected chi connectivity index (χ3v) is 2.89. The Morgan fingerprint density at radius 2 is 1.68 bits per heavy atom. The molecule has 120 valence electrons. The van der Waals surface area contributed by atoms with Crippen LogP contribution >= 0.6 is 0 Å². The molecule has 0 bridgehead atoms. The van der Waals surface area contributed by atoms with Crippen LogP contribution in [0, 0.1) is 17.5 Å². The normalized spacial score (nSPS) is 11.4. The van der Waals surface area contributed by atoms with E-state index < -0.39 is 29.4 Å². The highest BCUT2D eigenvalue weighted by Crippen LogP contribution is 2.29. The highest BCUT2D eigenvalue weighted by atomic mass is 19.1. The summed E-state index contributed by atoms with van der Waals surface area (Å²) in [4.78, 5) is 0. The first-order valence-corrected chi connectivity index (χ1v) is 6.71. The van der Waals surface area contributed by atoms with Crippen LogP contribution in [0.3, 0.4) is 0 Å². The molecule has 0 radical (unpaired) electrons. The van der Waals surface area contributed by atoms with E-state index in [1.165, 1.54) is 6.20 Å². The topological polar surface area (TPSA) is 62.3 Å². The maximum absolute atomic E-state index is 14.0. The van der Waals surface area contributed by atoms with Gasteiger partial charge in [-0.3, -0.25) is 0 Å². The lowest BCUT2D eigenvalue weighted by Crippen LogP contribution is -2.17. The Morgan fingerprint density at radius 3 is 2.18 bits per heavy atom. The van der Waals surface area contributed by atoms with Crippen LogP contribution in [0.15, 0.2) is 18.3 Å². The number of anilines is 1. The first-order chi connectivity index (χ1) is 10.5. The van der Waals surface area contributed by atoms with E-state index in [0.717, 1.165) is 4.68 Å². The van der Waals surface area contributed by atoms with Gasteiger partial charge >= 0.3 is 0 Å². The van der Waals surface area contributed by atoms with Crippen LogP contribution in [-0.2, 0) is 9.47 Å². The molecule has 2 N–H and O–H groups in total. The molecule has 1 aromatic heterocycles. The molecule has 22 heavy (non-hydrogen) atoms. The summed E-state index contributed by atoms with van der Waals surface area (Å²) >= 11 is 0. The summed E-state index contributed by atoms with van der Waals surface area (Å²) < 4.78 is 52.7. The van der Waals surface area contributed by atoms with Crippen molar-refractivity contribution in [3.05, 3.63) is 41.5 Å². The fourth-order valence-electron chi connectivity index (χ4n) is 2.03. The molecule has 1 heterocycles. The summed E-state index contributed by atoms with van der Waals surface area (Å²) in [5.74, 6) is -3.23. The average molecular weight is 315 g/mol. The van der Waals surface area contributed by atoms with Crippen LogP contribution in [0.1, 0.15) is 25.8 Å². The molecule has 2 aromatic rings. The summed E-state index contributed by atoms with van der Waals surface area (Å²) in [7, 11) is 0. The molecule has 5 nitrogen and oxygen atoms in total. The van der Waals surface area contributed by atoms with E-state index >= 15 is 0 Å². The third-order valence-electron chi connectivity index (χ3n) is 2.89. The van der Waals surface area contributed by atoms with Crippen LogP contribution in [0.5, 0.6) is 0 Å². The quantitative estimate of drug-likeness (QED) is 0.833. The smallest absolute Gasteiger partial charge is 0.203 e. The fraction of sp³-hybridized carbons (Fsp3) is 0.357. The van der Waals surface area contributed by atoms with Gasteiger partial charge < -0.3 is 15.2 Å². The molecule has 0 aliphatic carbocycles. The summed E-state index contributed by atoms with van der Waals surface area (Å²) in [5, 5.41) is 3.85. The molecule has 0 spiro atoms. The van der Waals surface area contributed by atoms with Crippen molar-refractivity contribution in [1.82, 2.24) is 9.78 Å². The van der Waals surface area contributed by atoms with E-state index in [4.69, 9.17) is 15.2 Å². The Hall–Kier alpha value is -2.06. The van der Waals surface area contributed by atoms with Gasteiger partial charge in [0.05, 0.1) is 11.9 Å². The summed E-state index contributed by atoms with van der Waals surface area (Å²) in [6.45, 7) is 4.07. The number of halogens is 3. The number of nitrogens with zero attached hydrogens (tertiary/aromatic N) is 2. The molecule has 0 fully saturated rings. The van der Waals surface area contributed by atoms with Crippen molar-refractivity contribution >= 4 is 5.69 Å². The van der Waals surface area contributed by atoms with Crippen LogP contribution < -0.4 is 5.73 Å². The van der Waals surface area contributed by atoms with E-state index in [0.29, 0.717) is 25.3 Å². The van der Waals surface area contributed by atoms with Gasteiger partial charge in [-0.2, -0.15) is 5.10 Å². The summed E-state index contributed by atoms with van der Waals surface area (Å²) in [5.41, 5.74) is 5.56. The van der Waals surface area contributed by atoms with Crippen LogP contribution in [0.2, 0.25) is 0 Å². The standard InChI is InChI=1S/C14H16F3N3O2/c1-3-21-14(22-4-2)13-11(18)7-19-20(13)12-9(16)5-8(15)6-10(12)17/h5-7,14H,3-4,18H2,1-2H3. The lowest BCUT2D eigenvalue weighted by Gasteiger charge is -2.19. The minimum atomic E-state index is -1.10. The van der Waals surface area contributed by atoms with Crippen LogP contribution in [0.4, 0.5) is 18.9 Å². The van der Waals surface area contributed by atoms with Crippen LogP contribution in [-0.4, -0.2) is 23.0 Å². The van der Waals surface area contributed by atoms with Crippen molar-refractivity contribution in [3.63, 3.8) is 0 Å².